The van der Waals surface area contributed by atoms with Gasteiger partial charge >= 0.3 is 12.4 Å². The van der Waals surface area contributed by atoms with Gasteiger partial charge in [-0.25, -0.2) is 9.97 Å². The molecule has 5 nitrogen and oxygen atoms in total. The molecule has 30 heavy (non-hydrogen) atoms. The molecule has 2 heterocycles. The van der Waals surface area contributed by atoms with Crippen molar-refractivity contribution < 1.29 is 57.5 Å². The Balaban J connectivity index is 0.00000320. The van der Waals surface area contributed by atoms with Crippen molar-refractivity contribution in [3.05, 3.63) is 71.4 Å². The van der Waals surface area contributed by atoms with Crippen molar-refractivity contribution >= 4 is 5.82 Å². The Kier molecular flexibility index (Phi) is 7.22. The van der Waals surface area contributed by atoms with Gasteiger partial charge < -0.3 is 9.88 Å². The zero-order chi connectivity index (χ0) is 21.2. The molecule has 2 aromatic heterocycles. The van der Waals surface area contributed by atoms with Gasteiger partial charge in [-0.05, 0) is 6.07 Å². The first-order chi connectivity index (χ1) is 13.6. The van der Waals surface area contributed by atoms with Crippen LogP contribution in [0.1, 0.15) is 22.6 Å². The van der Waals surface area contributed by atoms with Crippen molar-refractivity contribution in [3.8, 4) is 11.8 Å². The molecule has 0 bridgehead atoms. The third-order valence-corrected chi connectivity index (χ3v) is 3.84. The van der Waals surface area contributed by atoms with Crippen LogP contribution in [0.25, 0.3) is 5.69 Å². The van der Waals surface area contributed by atoms with E-state index >= 15 is 0 Å². The van der Waals surface area contributed by atoms with Gasteiger partial charge in [0.1, 0.15) is 29.0 Å². The van der Waals surface area contributed by atoms with Crippen LogP contribution in [0.3, 0.4) is 0 Å². The molecule has 0 atom stereocenters. The van der Waals surface area contributed by atoms with E-state index in [4.69, 9.17) is 5.26 Å². The van der Waals surface area contributed by atoms with E-state index in [2.05, 4.69) is 21.4 Å². The number of benzene rings is 1. The van der Waals surface area contributed by atoms with Gasteiger partial charge in [0, 0.05) is 43.5 Å². The van der Waals surface area contributed by atoms with E-state index in [1.54, 1.807) is 35.0 Å². The van der Waals surface area contributed by atoms with E-state index in [-0.39, 0.29) is 49.5 Å². The van der Waals surface area contributed by atoms with E-state index in [9.17, 15) is 26.3 Å². The minimum Gasteiger partial charge on any atom is -0.362 e. The Labute approximate surface area is 190 Å². The summed E-state index contributed by atoms with van der Waals surface area (Å²) in [5.41, 5.74) is -3.84. The molecule has 0 unspecified atom stereocenters. The molecule has 0 fully saturated rings. The molecule has 0 aliphatic heterocycles. The topological polar surface area (TPSA) is 66.5 Å². The number of halogens is 6. The summed E-state index contributed by atoms with van der Waals surface area (Å²) < 4.78 is 80.2. The van der Waals surface area contributed by atoms with Gasteiger partial charge in [-0.15, -0.1) is 12.1 Å². The molecular formula is C18H10F6N5U-. The molecule has 0 saturated heterocycles. The van der Waals surface area contributed by atoms with Crippen molar-refractivity contribution in [1.82, 2.24) is 14.5 Å². The Morgan fingerprint density at radius 3 is 2.33 bits per heavy atom. The first kappa shape index (κ1) is 23.8. The van der Waals surface area contributed by atoms with Gasteiger partial charge in [0.2, 0.25) is 0 Å². The summed E-state index contributed by atoms with van der Waals surface area (Å²) in [6, 6.07) is 10.6. The predicted octanol–water partition coefficient (Wildman–Crippen LogP) is 4.59. The summed E-state index contributed by atoms with van der Waals surface area (Å²) in [6.45, 7) is -0.272. The molecule has 0 aliphatic carbocycles. The molecule has 0 aliphatic rings. The standard InChI is InChI=1S/C18H10F6N5.U/c19-17(20,21)13-8-14(18(22,23)24)28-16(12(13)9-25)27-10-15-26-6-7-29(15)11-4-2-1-3-5-11;/h2-8H,10H2,(H,27,28);/q-1;. The maximum Gasteiger partial charge on any atom is 0.433 e. The van der Waals surface area contributed by atoms with Gasteiger partial charge in [-0.3, -0.25) is 0 Å². The van der Waals surface area contributed by atoms with E-state index in [0.29, 0.717) is 5.69 Å². The Bertz CT molecular complexity index is 1050. The first-order valence-electron chi connectivity index (χ1n) is 7.93. The summed E-state index contributed by atoms with van der Waals surface area (Å²) in [5.74, 6) is -0.543. The smallest absolute Gasteiger partial charge is 0.362 e. The van der Waals surface area contributed by atoms with Crippen molar-refractivity contribution in [2.75, 3.05) is 5.32 Å². The van der Waals surface area contributed by atoms with Crippen LogP contribution in [-0.2, 0) is 18.9 Å². The number of nitrogens with zero attached hydrogens (tertiary/aromatic N) is 4. The number of aromatic nitrogens is 3. The monoisotopic (exact) mass is 648 g/mol. The largest absolute Gasteiger partial charge is 0.433 e. The number of alkyl halides is 6. The average molecular weight is 648 g/mol. The molecule has 1 aromatic carbocycles. The van der Waals surface area contributed by atoms with Crippen LogP contribution in [0.5, 0.6) is 0 Å². The van der Waals surface area contributed by atoms with Crippen LogP contribution in [-0.4, -0.2) is 14.5 Å². The Morgan fingerprint density at radius 2 is 1.77 bits per heavy atom. The fourth-order valence-electron chi connectivity index (χ4n) is 2.56. The number of imidazole rings is 1. The minimum atomic E-state index is -5.16. The summed E-state index contributed by atoms with van der Waals surface area (Å²) in [7, 11) is 0. The molecule has 1 N–H and O–H groups in total. The SMILES string of the molecule is N#Cc1c(C(F)(F)F)cc(C(F)(F)F)nc1NCc1nccn1-c1cc[c-]cc1.[U]. The number of anilines is 1. The number of nitriles is 1. The van der Waals surface area contributed by atoms with Gasteiger partial charge in [0.05, 0.1) is 12.1 Å². The van der Waals surface area contributed by atoms with Gasteiger partial charge in [0.15, 0.2) is 0 Å². The second-order valence-corrected chi connectivity index (χ2v) is 5.71. The molecule has 3 aromatic rings. The average Bonchev–Trinajstić information content (AvgIpc) is 3.13. The van der Waals surface area contributed by atoms with Crippen LogP contribution in [0.2, 0.25) is 0 Å². The van der Waals surface area contributed by atoms with Gasteiger partial charge in [0.25, 0.3) is 0 Å². The normalized spacial score (nSPS) is 11.5. The molecule has 0 saturated carbocycles. The summed E-state index contributed by atoms with van der Waals surface area (Å²) in [5, 5.41) is 11.5. The first-order valence-corrected chi connectivity index (χ1v) is 7.93. The maximum atomic E-state index is 13.2. The van der Waals surface area contributed by atoms with Crippen LogP contribution in [0, 0.1) is 48.5 Å². The summed E-state index contributed by atoms with van der Waals surface area (Å²) >= 11 is 0. The molecule has 154 valence electrons. The van der Waals surface area contributed by atoms with E-state index in [0.717, 1.165) is 0 Å². The van der Waals surface area contributed by atoms with Gasteiger partial charge in [-0.2, -0.15) is 49.8 Å². The summed E-state index contributed by atoms with van der Waals surface area (Å²) in [4.78, 5) is 7.23. The zero-order valence-corrected chi connectivity index (χ0v) is 19.0. The van der Waals surface area contributed by atoms with Crippen LogP contribution in [0.15, 0.2) is 42.7 Å². The number of hydrogen-bond donors (Lipinski definition) is 1. The van der Waals surface area contributed by atoms with Crippen molar-refractivity contribution in [3.63, 3.8) is 0 Å². The second kappa shape index (κ2) is 9.11. The molecule has 12 heteroatoms. The van der Waals surface area contributed by atoms with Crippen molar-refractivity contribution in [2.24, 2.45) is 0 Å². The molecule has 0 spiro atoms. The van der Waals surface area contributed by atoms with E-state index in [1.165, 1.54) is 12.3 Å². The third-order valence-electron chi connectivity index (χ3n) is 3.84. The quantitative estimate of drug-likeness (QED) is 0.333. The zero-order valence-electron chi connectivity index (χ0n) is 14.8. The van der Waals surface area contributed by atoms with Gasteiger partial charge in [-0.1, -0.05) is 5.69 Å². The van der Waals surface area contributed by atoms with Crippen molar-refractivity contribution in [1.29, 1.82) is 5.26 Å². The van der Waals surface area contributed by atoms with Crippen LogP contribution in [0.4, 0.5) is 32.2 Å². The number of rotatable bonds is 4. The van der Waals surface area contributed by atoms with E-state index in [1.807, 2.05) is 0 Å². The molecule has 0 radical (unpaired) electrons. The van der Waals surface area contributed by atoms with E-state index < -0.39 is 35.0 Å². The van der Waals surface area contributed by atoms with Crippen molar-refractivity contribution in [2.45, 2.75) is 18.9 Å². The minimum absolute atomic E-state index is 0. The third kappa shape index (κ3) is 5.15. The Morgan fingerprint density at radius 1 is 1.10 bits per heavy atom. The van der Waals surface area contributed by atoms with Crippen LogP contribution < -0.4 is 5.32 Å². The maximum absolute atomic E-state index is 13.2. The molecule has 3 rings (SSSR count). The predicted molar refractivity (Wildman–Crippen MR) is 88.7 cm³/mol. The number of hydrogen-bond acceptors (Lipinski definition) is 4. The fourth-order valence-corrected chi connectivity index (χ4v) is 2.56. The van der Waals surface area contributed by atoms with Crippen LogP contribution >= 0.6 is 0 Å². The number of nitrogens with one attached hydrogen (secondary N) is 1. The Hall–Kier alpha value is -2.50. The second-order valence-electron chi connectivity index (χ2n) is 5.71. The molecular weight excluding hydrogens is 638 g/mol. The summed E-state index contributed by atoms with van der Waals surface area (Å²) in [6.07, 6.45) is -7.30. The fraction of sp³-hybridized carbons (Fsp3) is 0.167. The molecule has 0 amide bonds. The number of pyridine rings is 1.